The van der Waals surface area contributed by atoms with E-state index in [9.17, 15) is 38.4 Å². The number of aromatic amines is 2. The van der Waals surface area contributed by atoms with Crippen LogP contribution < -0.4 is 62.2 Å². The molecule has 7 atom stereocenters. The Morgan fingerprint density at radius 1 is 0.593 bits per heavy atom. The minimum absolute atomic E-state index is 0.112. The molecule has 0 bridgehead atoms. The lowest BCUT2D eigenvalue weighted by atomic mass is 10.1. The van der Waals surface area contributed by atoms with Crippen molar-refractivity contribution in [3.05, 3.63) is 120 Å². The fourth-order valence-electron chi connectivity index (χ4n) is 6.46. The van der Waals surface area contributed by atoms with Gasteiger partial charge in [0.1, 0.15) is 48.0 Å². The van der Waals surface area contributed by atoms with Gasteiger partial charge in [0.25, 0.3) is 0 Å². The zero-order valence-electron chi connectivity index (χ0n) is 47.3. The van der Waals surface area contributed by atoms with Crippen LogP contribution in [0.3, 0.4) is 0 Å². The van der Waals surface area contributed by atoms with Crippen LogP contribution in [-0.2, 0) is 64.0 Å². The summed E-state index contributed by atoms with van der Waals surface area (Å²) in [6, 6.07) is 18.2. The Balaban J connectivity index is 0. The zero-order valence-corrected chi connectivity index (χ0v) is 47.3. The van der Waals surface area contributed by atoms with Gasteiger partial charge >= 0.3 is 47.8 Å². The van der Waals surface area contributed by atoms with Gasteiger partial charge in [0.2, 0.25) is 0 Å². The van der Waals surface area contributed by atoms with Crippen LogP contribution in [-0.4, -0.2) is 183 Å². The molecule has 5 aromatic rings. The van der Waals surface area contributed by atoms with E-state index in [1.807, 2.05) is 60.8 Å². The number of phenolic OH excluding ortho intramolecular Hbond substituents is 1. The van der Waals surface area contributed by atoms with Gasteiger partial charge in [0.15, 0.2) is 5.96 Å². The SMILES string of the molecule is N=C(N)NCCCC(N)C(=O)O.NC(Cc1c[nH]c2ccccc12)C(=O)O.NC(Cc1c[nH]cn1)C(=O)O.NC(Cc1ccc(O)cc1)C(=O)O.NC(Cc1ccccc1)C(=O)O.NCC(=O)O.NCCCCC(N)C(=O)O.O=C(O)[C@@H]1CCCN1. The van der Waals surface area contributed by atoms with Crippen molar-refractivity contribution in [1.29, 1.82) is 5.41 Å². The molecule has 478 valence electrons. The van der Waals surface area contributed by atoms with Crippen LogP contribution >= 0.6 is 0 Å². The molecule has 1 saturated heterocycles. The van der Waals surface area contributed by atoms with Gasteiger partial charge in [-0.25, -0.2) is 4.98 Å². The highest BCUT2D eigenvalue weighted by Gasteiger charge is 2.20. The van der Waals surface area contributed by atoms with E-state index in [0.29, 0.717) is 50.9 Å². The van der Waals surface area contributed by atoms with Gasteiger partial charge in [-0.2, -0.15) is 0 Å². The number of rotatable bonds is 24. The van der Waals surface area contributed by atoms with E-state index < -0.39 is 84.0 Å². The molecule has 1 aliphatic heterocycles. The number of phenols is 1. The first-order chi connectivity index (χ1) is 40.5. The van der Waals surface area contributed by atoms with Crippen LogP contribution in [0.15, 0.2) is 97.6 Å². The summed E-state index contributed by atoms with van der Waals surface area (Å²) in [7, 11) is 0. The minimum Gasteiger partial charge on any atom is -0.508 e. The second-order valence-corrected chi connectivity index (χ2v) is 18.4. The highest BCUT2D eigenvalue weighted by atomic mass is 16.4. The molecule has 32 nitrogen and oxygen atoms in total. The van der Waals surface area contributed by atoms with Gasteiger partial charge in [0, 0.05) is 42.7 Å². The molecule has 0 saturated carbocycles. The summed E-state index contributed by atoms with van der Waals surface area (Å²) < 4.78 is 0. The summed E-state index contributed by atoms with van der Waals surface area (Å²) in [6.07, 6.45) is 11.1. The number of hydrogen-bond donors (Lipinski definition) is 23. The largest absolute Gasteiger partial charge is 0.508 e. The van der Waals surface area contributed by atoms with Gasteiger partial charge < -0.3 is 118 Å². The van der Waals surface area contributed by atoms with Crippen molar-refractivity contribution in [3.8, 4) is 5.75 Å². The number of unbranched alkanes of at least 4 members (excludes halogenated alkanes) is 1. The van der Waals surface area contributed by atoms with Crippen LogP contribution in [0, 0.1) is 5.41 Å². The van der Waals surface area contributed by atoms with Crippen molar-refractivity contribution in [2.45, 2.75) is 113 Å². The molecule has 2 aromatic heterocycles. The van der Waals surface area contributed by atoms with Gasteiger partial charge in [-0.05, 0) is 99.3 Å². The summed E-state index contributed by atoms with van der Waals surface area (Å²) in [5.74, 6) is -7.53. The number of aliphatic carboxylic acids is 8. The first-order valence-electron chi connectivity index (χ1n) is 26.4. The average Bonchev–Trinajstić information content (AvgIpc) is 2.97. The van der Waals surface area contributed by atoms with Crippen molar-refractivity contribution in [2.75, 3.05) is 26.2 Å². The topological polar surface area (TPSA) is 645 Å². The van der Waals surface area contributed by atoms with E-state index in [1.165, 1.54) is 18.5 Å². The number of nitrogens with zero attached hydrogens (tertiary/aromatic N) is 1. The smallest absolute Gasteiger partial charge is 0.320 e. The van der Waals surface area contributed by atoms with Crippen molar-refractivity contribution in [3.63, 3.8) is 0 Å². The number of imidazole rings is 1. The molecule has 32 N–H and O–H groups in total. The number of hydrogen-bond acceptors (Lipinski definition) is 20. The van der Waals surface area contributed by atoms with Gasteiger partial charge in [0.05, 0.1) is 18.6 Å². The minimum atomic E-state index is -1.02. The molecular weight excluding hydrogens is 1130 g/mol. The van der Waals surface area contributed by atoms with Crippen LogP contribution in [0.5, 0.6) is 5.75 Å². The van der Waals surface area contributed by atoms with Crippen molar-refractivity contribution in [1.82, 2.24) is 25.6 Å². The monoisotopic (exact) mass is 1220 g/mol. The fraction of sp³-hybridized carbons (Fsp3) is 0.407. The summed E-state index contributed by atoms with van der Waals surface area (Å²) in [5.41, 5.74) is 51.0. The Kier molecular flexibility index (Phi) is 42.5. The number of fused-ring (bicyclic) bond motifs is 1. The molecule has 1 aliphatic rings. The van der Waals surface area contributed by atoms with E-state index in [0.717, 1.165) is 59.8 Å². The number of carboxylic acids is 8. The van der Waals surface area contributed by atoms with Gasteiger partial charge in [-0.1, -0.05) is 67.1 Å². The second kappa shape index (κ2) is 46.3. The number of carboxylic acid groups (broad SMARTS) is 8. The summed E-state index contributed by atoms with van der Waals surface area (Å²) >= 11 is 0. The molecule has 1 fully saturated rings. The molecule has 0 amide bonds. The number of nitrogens with one attached hydrogen (secondary N) is 5. The van der Waals surface area contributed by atoms with E-state index in [4.69, 9.17) is 97.2 Å². The van der Waals surface area contributed by atoms with Crippen molar-refractivity contribution < 1.29 is 84.3 Å². The molecule has 3 aromatic carbocycles. The number of aromatic nitrogens is 3. The maximum Gasteiger partial charge on any atom is 0.320 e. The van der Waals surface area contributed by atoms with Gasteiger partial charge in [-0.15, -0.1) is 0 Å². The zero-order chi connectivity index (χ0) is 65.7. The Hall–Kier alpha value is -9.12. The summed E-state index contributed by atoms with van der Waals surface area (Å²) in [4.78, 5) is 91.0. The van der Waals surface area contributed by atoms with E-state index in [-0.39, 0.29) is 37.1 Å². The van der Waals surface area contributed by atoms with Crippen molar-refractivity contribution >= 4 is 64.6 Å². The first-order valence-corrected chi connectivity index (χ1v) is 26.4. The molecule has 0 aliphatic carbocycles. The number of aromatic hydroxyl groups is 1. The number of nitrogens with two attached hydrogens (primary N) is 9. The molecule has 86 heavy (non-hydrogen) atoms. The number of benzene rings is 3. The lowest BCUT2D eigenvalue weighted by molar-refractivity contribution is -0.139. The third-order valence-corrected chi connectivity index (χ3v) is 11.2. The number of carbonyl (C=O) groups is 8. The molecular formula is C54H85N15O17. The lowest BCUT2D eigenvalue weighted by Crippen LogP contribution is -2.34. The highest BCUT2D eigenvalue weighted by Crippen LogP contribution is 2.19. The van der Waals surface area contributed by atoms with Crippen LogP contribution in [0.2, 0.25) is 0 Å². The van der Waals surface area contributed by atoms with E-state index in [2.05, 4.69) is 31.3 Å². The molecule has 3 heterocycles. The molecule has 0 spiro atoms. The third-order valence-electron chi connectivity index (χ3n) is 11.2. The Labute approximate surface area is 495 Å². The normalized spacial score (nSPS) is 13.7. The standard InChI is InChI=1S/C11H12N2O2.C9H11NO3.C9H11NO2.C6H14N4O2.C6H9N3O2.C6H14N2O2.C5H9NO2.C2H5NO2/c12-9(11(14)15)5-7-6-13-10-4-2-1-3-8(7)10;10-8(9(12)13)5-6-1-3-7(11)4-2-6;10-8(9(11)12)6-7-4-2-1-3-5-7;7-4(5(11)12)2-1-3-10-6(8)9;7-5(6(10)11)1-4-2-8-3-9-4;7-4-2-1-3-5(8)6(9)10;7-5(8)4-2-1-3-6-4;3-1-2(4)5/h1-4,6,9,13H,5,12H2,(H,14,15);1-4,8,11H,5,10H2,(H,12,13);1-5,8H,6,10H2,(H,11,12);4H,1-3,7H2,(H,11,12)(H4,8,9,10);2-3,5H,1,7H2,(H,8,9)(H,10,11);5H,1-4,7-8H2,(H,9,10);4,6H,1-3H2,(H,7,8);1,3H2,(H,4,5)/t;;;;;;4-;/m......0./s1. The first kappa shape index (κ1) is 78.9. The fourth-order valence-corrected chi connectivity index (χ4v) is 6.46. The quantitative estimate of drug-likeness (QED) is 0.0190. The van der Waals surface area contributed by atoms with Crippen LogP contribution in [0.4, 0.5) is 0 Å². The molecule has 6 unspecified atom stereocenters. The Bertz CT molecular complexity index is 2730. The third kappa shape index (κ3) is 40.2. The lowest BCUT2D eigenvalue weighted by Gasteiger charge is -2.06. The second-order valence-electron chi connectivity index (χ2n) is 18.4. The van der Waals surface area contributed by atoms with E-state index >= 15 is 0 Å². The molecule has 6 rings (SSSR count). The number of H-pyrrole nitrogens is 2. The number of guanidine groups is 1. The van der Waals surface area contributed by atoms with Gasteiger partial charge in [-0.3, -0.25) is 43.8 Å². The maximum atomic E-state index is 10.6. The van der Waals surface area contributed by atoms with Crippen LogP contribution in [0.1, 0.15) is 67.3 Å². The maximum absolute atomic E-state index is 10.6. The number of para-hydroxylation sites is 1. The van der Waals surface area contributed by atoms with Crippen molar-refractivity contribution in [2.24, 2.45) is 51.6 Å². The molecule has 0 radical (unpaired) electrons. The Morgan fingerprint density at radius 2 is 1.06 bits per heavy atom. The predicted molar refractivity (Wildman–Crippen MR) is 317 cm³/mol. The summed E-state index contributed by atoms with van der Waals surface area (Å²) in [6.45, 7) is 1.67. The molecule has 32 heteroatoms. The predicted octanol–water partition coefficient (Wildman–Crippen LogP) is -1.48. The van der Waals surface area contributed by atoms with Crippen LogP contribution in [0.25, 0.3) is 10.9 Å². The Morgan fingerprint density at radius 3 is 1.48 bits per heavy atom. The highest BCUT2D eigenvalue weighted by molar-refractivity contribution is 5.84. The summed E-state index contributed by atoms with van der Waals surface area (Å²) in [5, 5.41) is 89.0. The average molecular weight is 1220 g/mol. The van der Waals surface area contributed by atoms with E-state index in [1.54, 1.807) is 18.3 Å².